The second-order valence-corrected chi connectivity index (χ2v) is 5.86. The fourth-order valence-electron chi connectivity index (χ4n) is 3.29. The molecule has 2 aromatic carbocycles. The second-order valence-electron chi connectivity index (χ2n) is 5.86. The summed E-state index contributed by atoms with van der Waals surface area (Å²) in [5.74, 6) is 1.83. The summed E-state index contributed by atoms with van der Waals surface area (Å²) < 4.78 is 16.1. The van der Waals surface area contributed by atoms with Crippen molar-refractivity contribution >= 4 is 12.4 Å². The lowest BCUT2D eigenvalue weighted by molar-refractivity contribution is 0.140. The van der Waals surface area contributed by atoms with Crippen molar-refractivity contribution in [3.05, 3.63) is 53.1 Å². The van der Waals surface area contributed by atoms with Gasteiger partial charge in [0.2, 0.25) is 5.75 Å². The Hall–Kier alpha value is -1.95. The zero-order valence-electron chi connectivity index (χ0n) is 14.6. The number of ether oxygens (including phenoxy) is 3. The lowest BCUT2D eigenvalue weighted by Crippen LogP contribution is -2.28. The van der Waals surface area contributed by atoms with E-state index in [9.17, 15) is 5.11 Å². The molecule has 0 saturated heterocycles. The van der Waals surface area contributed by atoms with Crippen LogP contribution < -0.4 is 19.5 Å². The number of halogens is 1. The predicted octanol–water partition coefficient (Wildman–Crippen LogP) is 2.88. The first-order chi connectivity index (χ1) is 11.7. The van der Waals surface area contributed by atoms with E-state index >= 15 is 0 Å². The van der Waals surface area contributed by atoms with E-state index in [0.717, 1.165) is 11.1 Å². The number of fused-ring (bicyclic) bond motifs is 1. The molecule has 2 N–H and O–H groups in total. The van der Waals surface area contributed by atoms with Crippen LogP contribution in [0.3, 0.4) is 0 Å². The Bertz CT molecular complexity index is 697. The molecule has 0 fully saturated rings. The molecule has 6 heteroatoms. The summed E-state index contributed by atoms with van der Waals surface area (Å²) in [5.41, 5.74) is 3.37. The zero-order valence-corrected chi connectivity index (χ0v) is 15.4. The SMILES string of the molecule is COc1cc(CN[C@H]2c3ccccc3C[C@H]2O)cc(OC)c1OC.Cl. The first kappa shape index (κ1) is 19.4. The first-order valence-corrected chi connectivity index (χ1v) is 7.96. The number of hydrogen-bond donors (Lipinski definition) is 2. The number of aliphatic hydroxyl groups excluding tert-OH is 1. The smallest absolute Gasteiger partial charge is 0.203 e. The van der Waals surface area contributed by atoms with Gasteiger partial charge in [-0.05, 0) is 28.8 Å². The summed E-state index contributed by atoms with van der Waals surface area (Å²) in [6.07, 6.45) is 0.271. The van der Waals surface area contributed by atoms with Gasteiger partial charge in [0.15, 0.2) is 11.5 Å². The van der Waals surface area contributed by atoms with Gasteiger partial charge in [-0.3, -0.25) is 0 Å². The predicted molar refractivity (Wildman–Crippen MR) is 99.1 cm³/mol. The standard InChI is InChI=1S/C19H23NO4.ClH/c1-22-16-8-12(9-17(23-2)19(16)24-3)11-20-18-14-7-5-4-6-13(14)10-15(18)21;/h4-9,15,18,20-21H,10-11H2,1-3H3;1H/t15-,18+;/m1./s1. The van der Waals surface area contributed by atoms with E-state index in [1.165, 1.54) is 5.56 Å². The van der Waals surface area contributed by atoms with Gasteiger partial charge in [0.1, 0.15) is 0 Å². The summed E-state index contributed by atoms with van der Waals surface area (Å²) in [5, 5.41) is 13.8. The van der Waals surface area contributed by atoms with E-state index in [0.29, 0.717) is 30.2 Å². The van der Waals surface area contributed by atoms with Crippen LogP contribution in [-0.2, 0) is 13.0 Å². The average molecular weight is 366 g/mol. The molecular formula is C19H24ClNO4. The molecule has 0 aliphatic heterocycles. The molecule has 0 radical (unpaired) electrons. The maximum Gasteiger partial charge on any atom is 0.203 e. The topological polar surface area (TPSA) is 60.0 Å². The lowest BCUT2D eigenvalue weighted by Gasteiger charge is -2.19. The molecule has 2 atom stereocenters. The van der Waals surface area contributed by atoms with E-state index < -0.39 is 6.10 Å². The number of methoxy groups -OCH3 is 3. The van der Waals surface area contributed by atoms with E-state index in [-0.39, 0.29) is 18.4 Å². The molecule has 0 unspecified atom stereocenters. The summed E-state index contributed by atoms with van der Waals surface area (Å²) in [6.45, 7) is 0.590. The van der Waals surface area contributed by atoms with Gasteiger partial charge < -0.3 is 24.6 Å². The lowest BCUT2D eigenvalue weighted by atomic mass is 10.1. The van der Waals surface area contributed by atoms with Gasteiger partial charge in [-0.2, -0.15) is 0 Å². The number of rotatable bonds is 6. The second kappa shape index (κ2) is 8.43. The Morgan fingerprint density at radius 1 is 1.04 bits per heavy atom. The van der Waals surface area contributed by atoms with Crippen molar-refractivity contribution in [2.75, 3.05) is 21.3 Å². The van der Waals surface area contributed by atoms with Crippen LogP contribution in [0.15, 0.2) is 36.4 Å². The molecular weight excluding hydrogens is 342 g/mol. The van der Waals surface area contributed by atoms with E-state index in [1.807, 2.05) is 24.3 Å². The normalized spacial score (nSPS) is 18.2. The zero-order chi connectivity index (χ0) is 17.1. The number of nitrogens with one attached hydrogen (secondary N) is 1. The molecule has 0 spiro atoms. The van der Waals surface area contributed by atoms with Crippen molar-refractivity contribution in [3.8, 4) is 17.2 Å². The Labute approximate surface area is 154 Å². The molecule has 0 aromatic heterocycles. The third-order valence-electron chi connectivity index (χ3n) is 4.45. The highest BCUT2D eigenvalue weighted by atomic mass is 35.5. The Morgan fingerprint density at radius 3 is 2.28 bits per heavy atom. The third-order valence-corrected chi connectivity index (χ3v) is 4.45. The van der Waals surface area contributed by atoms with Crippen molar-refractivity contribution < 1.29 is 19.3 Å². The van der Waals surface area contributed by atoms with Crippen LogP contribution in [0.2, 0.25) is 0 Å². The minimum Gasteiger partial charge on any atom is -0.493 e. The molecule has 0 bridgehead atoms. The maximum absolute atomic E-state index is 10.3. The van der Waals surface area contributed by atoms with Crippen molar-refractivity contribution in [3.63, 3.8) is 0 Å². The van der Waals surface area contributed by atoms with Crippen molar-refractivity contribution in [1.82, 2.24) is 5.32 Å². The van der Waals surface area contributed by atoms with Gasteiger partial charge in [0.05, 0.1) is 33.5 Å². The first-order valence-electron chi connectivity index (χ1n) is 7.96. The molecule has 136 valence electrons. The van der Waals surface area contributed by atoms with Crippen molar-refractivity contribution in [2.45, 2.75) is 25.1 Å². The molecule has 0 heterocycles. The quantitative estimate of drug-likeness (QED) is 0.824. The van der Waals surface area contributed by atoms with Gasteiger partial charge in [-0.25, -0.2) is 0 Å². The van der Waals surface area contributed by atoms with Crippen molar-refractivity contribution in [1.29, 1.82) is 0 Å². The van der Waals surface area contributed by atoms with Gasteiger partial charge in [-0.15, -0.1) is 12.4 Å². The average Bonchev–Trinajstić information content (AvgIpc) is 2.94. The van der Waals surface area contributed by atoms with E-state index in [4.69, 9.17) is 14.2 Å². The van der Waals surface area contributed by atoms with E-state index in [2.05, 4.69) is 17.4 Å². The maximum atomic E-state index is 10.3. The summed E-state index contributed by atoms with van der Waals surface area (Å²) in [6, 6.07) is 11.9. The van der Waals surface area contributed by atoms with Crippen LogP contribution in [0.4, 0.5) is 0 Å². The summed E-state index contributed by atoms with van der Waals surface area (Å²) in [4.78, 5) is 0. The van der Waals surface area contributed by atoms with Gasteiger partial charge in [-0.1, -0.05) is 24.3 Å². The highest BCUT2D eigenvalue weighted by Crippen LogP contribution is 2.38. The summed E-state index contributed by atoms with van der Waals surface area (Å²) in [7, 11) is 4.79. The van der Waals surface area contributed by atoms with Crippen LogP contribution >= 0.6 is 12.4 Å². The minimum absolute atomic E-state index is 0. The van der Waals surface area contributed by atoms with Gasteiger partial charge in [0, 0.05) is 13.0 Å². The molecule has 1 aliphatic carbocycles. The van der Waals surface area contributed by atoms with Gasteiger partial charge >= 0.3 is 0 Å². The molecule has 1 aliphatic rings. The molecule has 5 nitrogen and oxygen atoms in total. The molecule has 2 aromatic rings. The largest absolute Gasteiger partial charge is 0.493 e. The van der Waals surface area contributed by atoms with Crippen LogP contribution in [0, 0.1) is 0 Å². The number of hydrogen-bond acceptors (Lipinski definition) is 5. The number of aliphatic hydroxyl groups is 1. The molecule has 3 rings (SSSR count). The Morgan fingerprint density at radius 2 is 1.68 bits per heavy atom. The highest BCUT2D eigenvalue weighted by Gasteiger charge is 2.30. The Balaban J connectivity index is 0.00000225. The highest BCUT2D eigenvalue weighted by molar-refractivity contribution is 5.85. The van der Waals surface area contributed by atoms with Crippen LogP contribution in [0.1, 0.15) is 22.7 Å². The summed E-state index contributed by atoms with van der Waals surface area (Å²) >= 11 is 0. The van der Waals surface area contributed by atoms with E-state index in [1.54, 1.807) is 21.3 Å². The van der Waals surface area contributed by atoms with Crippen LogP contribution in [-0.4, -0.2) is 32.5 Å². The van der Waals surface area contributed by atoms with Crippen LogP contribution in [0.25, 0.3) is 0 Å². The molecule has 0 saturated carbocycles. The minimum atomic E-state index is -0.413. The third kappa shape index (κ3) is 3.84. The molecule has 25 heavy (non-hydrogen) atoms. The fourth-order valence-corrected chi connectivity index (χ4v) is 3.29. The fraction of sp³-hybridized carbons (Fsp3) is 0.368. The van der Waals surface area contributed by atoms with Gasteiger partial charge in [0.25, 0.3) is 0 Å². The van der Waals surface area contributed by atoms with Crippen LogP contribution in [0.5, 0.6) is 17.2 Å². The Kier molecular flexibility index (Phi) is 6.53. The monoisotopic (exact) mass is 365 g/mol. The molecule has 0 amide bonds. The number of benzene rings is 2. The van der Waals surface area contributed by atoms with Crippen molar-refractivity contribution in [2.24, 2.45) is 0 Å².